The number of aromatic nitrogens is 3. The minimum Gasteiger partial charge on any atom is -0.424 e. The van der Waals surface area contributed by atoms with E-state index in [-0.39, 0.29) is 12.3 Å². The Kier molecular flexibility index (Phi) is 6.15. The third-order valence-electron chi connectivity index (χ3n) is 3.54. The van der Waals surface area contributed by atoms with Gasteiger partial charge < -0.3 is 4.74 Å². The standard InChI is InChI=1S/C17H16F5N3O3/c1-8(2)7-10-11(16(27)25-6-4-5-23-25)14(17(20,21)22)24-12(15(18)19)13(10)28-9(3)26/h4-6,8,15H,7H2,1-3H3. The Hall–Kier alpha value is -2.85. The average Bonchev–Trinajstić information content (AvgIpc) is 3.07. The van der Waals surface area contributed by atoms with Crippen LogP contribution < -0.4 is 4.74 Å². The summed E-state index contributed by atoms with van der Waals surface area (Å²) in [5.74, 6) is -3.45. The van der Waals surface area contributed by atoms with Crippen molar-refractivity contribution in [2.75, 3.05) is 0 Å². The van der Waals surface area contributed by atoms with Crippen LogP contribution in [0.4, 0.5) is 22.0 Å². The van der Waals surface area contributed by atoms with Gasteiger partial charge in [-0.1, -0.05) is 13.8 Å². The highest BCUT2D eigenvalue weighted by Crippen LogP contribution is 2.41. The van der Waals surface area contributed by atoms with Crippen molar-refractivity contribution in [2.24, 2.45) is 5.92 Å². The van der Waals surface area contributed by atoms with E-state index in [1.807, 2.05) is 0 Å². The molecule has 0 aliphatic heterocycles. The second kappa shape index (κ2) is 8.03. The molecule has 0 radical (unpaired) electrons. The molecule has 2 aromatic heterocycles. The van der Waals surface area contributed by atoms with Crippen LogP contribution in [0.25, 0.3) is 0 Å². The first-order valence-corrected chi connectivity index (χ1v) is 8.08. The summed E-state index contributed by atoms with van der Waals surface area (Å²) in [6.45, 7) is 4.12. The van der Waals surface area contributed by atoms with Crippen molar-refractivity contribution in [3.63, 3.8) is 0 Å². The van der Waals surface area contributed by atoms with Crippen LogP contribution in [0, 0.1) is 5.92 Å². The number of carbonyl (C=O) groups is 2. The van der Waals surface area contributed by atoms with E-state index in [0.29, 0.717) is 4.68 Å². The summed E-state index contributed by atoms with van der Waals surface area (Å²) < 4.78 is 73.1. The van der Waals surface area contributed by atoms with Gasteiger partial charge in [0, 0.05) is 24.9 Å². The largest absolute Gasteiger partial charge is 0.434 e. The maximum absolute atomic E-state index is 13.6. The first-order valence-electron chi connectivity index (χ1n) is 8.08. The summed E-state index contributed by atoms with van der Waals surface area (Å²) >= 11 is 0. The summed E-state index contributed by atoms with van der Waals surface area (Å²) in [5.41, 5.74) is -4.58. The zero-order valence-electron chi connectivity index (χ0n) is 15.1. The molecule has 0 N–H and O–H groups in total. The number of hydrogen-bond acceptors (Lipinski definition) is 5. The summed E-state index contributed by atoms with van der Waals surface area (Å²) in [6.07, 6.45) is -6.64. The highest BCUT2D eigenvalue weighted by Gasteiger charge is 2.42. The fourth-order valence-electron chi connectivity index (χ4n) is 2.59. The molecule has 0 fully saturated rings. The van der Waals surface area contributed by atoms with Gasteiger partial charge in [-0.05, 0) is 18.4 Å². The van der Waals surface area contributed by atoms with E-state index in [0.717, 1.165) is 13.1 Å². The number of halogens is 5. The highest BCUT2D eigenvalue weighted by molar-refractivity contribution is 5.99. The molecule has 0 aliphatic carbocycles. The van der Waals surface area contributed by atoms with Crippen molar-refractivity contribution in [2.45, 2.75) is 39.8 Å². The average molecular weight is 405 g/mol. The van der Waals surface area contributed by atoms with E-state index in [1.54, 1.807) is 13.8 Å². The Bertz CT molecular complexity index is 877. The van der Waals surface area contributed by atoms with Crippen LogP contribution in [0.2, 0.25) is 0 Å². The minimum absolute atomic E-state index is 0.240. The predicted octanol–water partition coefficient (Wildman–Crippen LogP) is 4.05. The van der Waals surface area contributed by atoms with Crippen LogP contribution in [0.5, 0.6) is 5.75 Å². The summed E-state index contributed by atoms with van der Waals surface area (Å²) in [5, 5.41) is 3.60. The molecule has 0 spiro atoms. The Labute approximate surface area is 156 Å². The second-order valence-electron chi connectivity index (χ2n) is 6.27. The quantitative estimate of drug-likeness (QED) is 0.554. The lowest BCUT2D eigenvalue weighted by atomic mass is 9.94. The van der Waals surface area contributed by atoms with Crippen LogP contribution in [-0.4, -0.2) is 26.6 Å². The lowest BCUT2D eigenvalue weighted by molar-refractivity contribution is -0.141. The molecule has 2 heterocycles. The Balaban J connectivity index is 2.95. The summed E-state index contributed by atoms with van der Waals surface area (Å²) in [7, 11) is 0. The maximum Gasteiger partial charge on any atom is 0.434 e. The van der Waals surface area contributed by atoms with E-state index in [2.05, 4.69) is 10.1 Å². The lowest BCUT2D eigenvalue weighted by Gasteiger charge is -2.21. The molecule has 0 unspecified atom stereocenters. The molecule has 28 heavy (non-hydrogen) atoms. The van der Waals surface area contributed by atoms with Gasteiger partial charge in [0.05, 0.1) is 5.56 Å². The number of ether oxygens (including phenoxy) is 1. The molecule has 0 bridgehead atoms. The van der Waals surface area contributed by atoms with Gasteiger partial charge >= 0.3 is 12.1 Å². The molecule has 0 saturated carbocycles. The van der Waals surface area contributed by atoms with Gasteiger partial charge in [0.1, 0.15) is 5.69 Å². The van der Waals surface area contributed by atoms with E-state index >= 15 is 0 Å². The normalized spacial score (nSPS) is 11.9. The molecular weight excluding hydrogens is 389 g/mol. The minimum atomic E-state index is -5.21. The van der Waals surface area contributed by atoms with Gasteiger partial charge in [0.25, 0.3) is 12.3 Å². The number of esters is 1. The molecule has 2 aromatic rings. The molecule has 0 aromatic carbocycles. The van der Waals surface area contributed by atoms with E-state index in [1.165, 1.54) is 12.3 Å². The number of hydrogen-bond donors (Lipinski definition) is 0. The van der Waals surface area contributed by atoms with Crippen LogP contribution in [0.15, 0.2) is 18.5 Å². The SMILES string of the molecule is CC(=O)Oc1c(C(F)F)nc(C(F)(F)F)c(C(=O)n2cccn2)c1CC(C)C. The fraction of sp³-hybridized carbons (Fsp3) is 0.412. The van der Waals surface area contributed by atoms with Crippen molar-refractivity contribution < 1.29 is 36.3 Å². The molecule has 0 saturated heterocycles. The van der Waals surface area contributed by atoms with Crippen molar-refractivity contribution in [1.82, 2.24) is 14.8 Å². The highest BCUT2D eigenvalue weighted by atomic mass is 19.4. The maximum atomic E-state index is 13.6. The van der Waals surface area contributed by atoms with Crippen molar-refractivity contribution >= 4 is 11.9 Å². The number of carbonyl (C=O) groups excluding carboxylic acids is 2. The van der Waals surface area contributed by atoms with E-state index in [4.69, 9.17) is 4.74 Å². The Morgan fingerprint density at radius 3 is 2.32 bits per heavy atom. The third-order valence-corrected chi connectivity index (χ3v) is 3.54. The first kappa shape index (κ1) is 21.5. The van der Waals surface area contributed by atoms with Crippen molar-refractivity contribution in [3.05, 3.63) is 41.0 Å². The fourth-order valence-corrected chi connectivity index (χ4v) is 2.59. The van der Waals surface area contributed by atoms with Gasteiger partial charge in [-0.15, -0.1) is 0 Å². The molecular formula is C17H16F5N3O3. The van der Waals surface area contributed by atoms with Crippen molar-refractivity contribution in [3.8, 4) is 5.75 Å². The van der Waals surface area contributed by atoms with Gasteiger partial charge in [-0.3, -0.25) is 9.59 Å². The molecule has 11 heteroatoms. The number of rotatable bonds is 5. The van der Waals surface area contributed by atoms with Crippen LogP contribution in [0.1, 0.15) is 54.5 Å². The summed E-state index contributed by atoms with van der Waals surface area (Å²) in [4.78, 5) is 27.1. The zero-order valence-corrected chi connectivity index (χ0v) is 15.1. The van der Waals surface area contributed by atoms with Crippen LogP contribution in [-0.2, 0) is 17.4 Å². The number of nitrogens with zero attached hydrogens (tertiary/aromatic N) is 3. The molecule has 0 atom stereocenters. The smallest absolute Gasteiger partial charge is 0.424 e. The molecule has 0 aliphatic rings. The van der Waals surface area contributed by atoms with Gasteiger partial charge in [-0.25, -0.2) is 18.4 Å². The van der Waals surface area contributed by atoms with Gasteiger partial charge in [0.15, 0.2) is 11.4 Å². The van der Waals surface area contributed by atoms with Crippen LogP contribution in [0.3, 0.4) is 0 Å². The Morgan fingerprint density at radius 1 is 1.25 bits per heavy atom. The van der Waals surface area contributed by atoms with Crippen LogP contribution >= 0.6 is 0 Å². The second-order valence-corrected chi connectivity index (χ2v) is 6.27. The molecule has 2 rings (SSSR count). The summed E-state index contributed by atoms with van der Waals surface area (Å²) in [6, 6.07) is 1.31. The molecule has 0 amide bonds. The predicted molar refractivity (Wildman–Crippen MR) is 86.0 cm³/mol. The number of alkyl halides is 5. The van der Waals surface area contributed by atoms with Crippen molar-refractivity contribution in [1.29, 1.82) is 0 Å². The molecule has 152 valence electrons. The van der Waals surface area contributed by atoms with Gasteiger partial charge in [-0.2, -0.15) is 18.3 Å². The topological polar surface area (TPSA) is 74.1 Å². The van der Waals surface area contributed by atoms with E-state index < -0.39 is 52.7 Å². The monoisotopic (exact) mass is 405 g/mol. The van der Waals surface area contributed by atoms with Gasteiger partial charge in [0.2, 0.25) is 0 Å². The number of pyridine rings is 1. The zero-order chi connectivity index (χ0) is 21.2. The van der Waals surface area contributed by atoms with E-state index in [9.17, 15) is 31.5 Å². The lowest BCUT2D eigenvalue weighted by Crippen LogP contribution is -2.26. The Morgan fingerprint density at radius 2 is 1.89 bits per heavy atom. The molecule has 6 nitrogen and oxygen atoms in total. The first-order chi connectivity index (χ1) is 12.9. The third kappa shape index (κ3) is 4.52.